The lowest BCUT2D eigenvalue weighted by atomic mass is 10.8. The molecule has 0 amide bonds. The van der Waals surface area contributed by atoms with E-state index in [-0.39, 0.29) is 0 Å². The molecule has 0 saturated heterocycles. The van der Waals surface area contributed by atoms with E-state index in [1.807, 2.05) is 0 Å². The second-order valence-electron chi connectivity index (χ2n) is 1.12. The average molecular weight is 98.1 g/mol. The number of nitrogens with one attached hydrogen (secondary N) is 1. The molecule has 3 nitrogen and oxygen atoms in total. The summed E-state index contributed by atoms with van der Waals surface area (Å²) in [6.45, 7) is 0. The molecule has 0 spiro atoms. The van der Waals surface area contributed by atoms with Crippen molar-refractivity contribution in [2.24, 2.45) is 0 Å². The summed E-state index contributed by atoms with van der Waals surface area (Å²) in [5.74, 6) is 0.694. The van der Waals surface area contributed by atoms with Crippen LogP contribution in [0.3, 0.4) is 0 Å². The number of hydrogen-bond acceptors (Lipinski definition) is 3. The minimum atomic E-state index is 0.694. The fourth-order valence-electron chi connectivity index (χ4n) is 0.339. The van der Waals surface area contributed by atoms with Gasteiger partial charge in [-0.2, -0.15) is 0 Å². The molecule has 0 saturated carbocycles. The molecule has 1 heterocycles. The number of aromatic nitrogens is 1. The summed E-state index contributed by atoms with van der Waals surface area (Å²) >= 11 is 0. The van der Waals surface area contributed by atoms with E-state index in [0.29, 0.717) is 5.88 Å². The number of hydrogen-bond donors (Lipinski definition) is 1. The average Bonchev–Trinajstić information content (AvgIpc) is 2.14. The highest BCUT2D eigenvalue weighted by Crippen LogP contribution is 1.99. The van der Waals surface area contributed by atoms with E-state index in [9.17, 15) is 0 Å². The van der Waals surface area contributed by atoms with Crippen LogP contribution in [0.15, 0.2) is 17.0 Å². The summed E-state index contributed by atoms with van der Waals surface area (Å²) < 4.78 is 4.76. The van der Waals surface area contributed by atoms with Crippen molar-refractivity contribution in [3.63, 3.8) is 0 Å². The SMILES string of the molecule is CNc1cnco1. The van der Waals surface area contributed by atoms with Crippen molar-refractivity contribution in [2.45, 2.75) is 0 Å². The van der Waals surface area contributed by atoms with Crippen molar-refractivity contribution in [1.29, 1.82) is 0 Å². The molecule has 0 atom stereocenters. The molecular formula is C4H6N2O. The van der Waals surface area contributed by atoms with Gasteiger partial charge in [0, 0.05) is 7.05 Å². The van der Waals surface area contributed by atoms with Gasteiger partial charge in [-0.15, -0.1) is 0 Å². The van der Waals surface area contributed by atoms with Crippen molar-refractivity contribution in [3.05, 3.63) is 12.6 Å². The van der Waals surface area contributed by atoms with Gasteiger partial charge in [-0.1, -0.05) is 0 Å². The molecule has 0 aromatic carbocycles. The Balaban J connectivity index is 2.76. The van der Waals surface area contributed by atoms with E-state index < -0.39 is 0 Å². The van der Waals surface area contributed by atoms with Gasteiger partial charge in [0.25, 0.3) is 0 Å². The molecular weight excluding hydrogens is 92.1 g/mol. The standard InChI is InChI=1S/C4H6N2O/c1-5-4-2-6-3-7-4/h2-3,5H,1H3. The summed E-state index contributed by atoms with van der Waals surface area (Å²) in [4.78, 5) is 3.66. The molecule has 1 rings (SSSR count). The maximum absolute atomic E-state index is 4.76. The molecule has 0 bridgehead atoms. The monoisotopic (exact) mass is 98.0 g/mol. The fraction of sp³-hybridized carbons (Fsp3) is 0.250. The predicted molar refractivity (Wildman–Crippen MR) is 26.0 cm³/mol. The Labute approximate surface area is 41.4 Å². The summed E-state index contributed by atoms with van der Waals surface area (Å²) in [5.41, 5.74) is 0. The lowest BCUT2D eigenvalue weighted by Gasteiger charge is -1.83. The minimum Gasteiger partial charge on any atom is -0.428 e. The Bertz CT molecular complexity index is 124. The van der Waals surface area contributed by atoms with Crippen molar-refractivity contribution < 1.29 is 4.42 Å². The van der Waals surface area contributed by atoms with Gasteiger partial charge < -0.3 is 9.73 Å². The third-order valence-corrected chi connectivity index (χ3v) is 0.679. The highest BCUT2D eigenvalue weighted by atomic mass is 16.4. The van der Waals surface area contributed by atoms with E-state index in [4.69, 9.17) is 4.42 Å². The Morgan fingerprint density at radius 3 is 3.00 bits per heavy atom. The zero-order chi connectivity index (χ0) is 5.11. The molecule has 0 fully saturated rings. The molecule has 38 valence electrons. The zero-order valence-corrected chi connectivity index (χ0v) is 4.01. The van der Waals surface area contributed by atoms with Crippen molar-refractivity contribution in [3.8, 4) is 0 Å². The van der Waals surface area contributed by atoms with Crippen molar-refractivity contribution >= 4 is 5.88 Å². The third kappa shape index (κ3) is 0.707. The third-order valence-electron chi connectivity index (χ3n) is 0.679. The molecule has 7 heavy (non-hydrogen) atoms. The van der Waals surface area contributed by atoms with Gasteiger partial charge in [-0.25, -0.2) is 4.98 Å². The largest absolute Gasteiger partial charge is 0.428 e. The first-order chi connectivity index (χ1) is 3.43. The van der Waals surface area contributed by atoms with Gasteiger partial charge in [0.2, 0.25) is 5.88 Å². The molecule has 3 heteroatoms. The molecule has 0 unspecified atom stereocenters. The smallest absolute Gasteiger partial charge is 0.213 e. The van der Waals surface area contributed by atoms with E-state index in [1.165, 1.54) is 6.39 Å². The topological polar surface area (TPSA) is 38.1 Å². The predicted octanol–water partition coefficient (Wildman–Crippen LogP) is 0.716. The van der Waals surface area contributed by atoms with E-state index in [0.717, 1.165) is 0 Å². The second kappa shape index (κ2) is 1.64. The molecule has 1 aromatic heterocycles. The Hall–Kier alpha value is -0.990. The fourth-order valence-corrected chi connectivity index (χ4v) is 0.339. The van der Waals surface area contributed by atoms with Gasteiger partial charge in [-0.3, -0.25) is 0 Å². The van der Waals surface area contributed by atoms with Crippen LogP contribution in [-0.2, 0) is 0 Å². The second-order valence-corrected chi connectivity index (χ2v) is 1.12. The van der Waals surface area contributed by atoms with Crippen LogP contribution in [0, 0.1) is 0 Å². The highest BCUT2D eigenvalue weighted by Gasteiger charge is 1.83. The molecule has 0 radical (unpaired) electrons. The summed E-state index contributed by atoms with van der Waals surface area (Å²) in [6.07, 6.45) is 2.99. The van der Waals surface area contributed by atoms with E-state index in [2.05, 4.69) is 10.3 Å². The minimum absolute atomic E-state index is 0.694. The first-order valence-corrected chi connectivity index (χ1v) is 1.99. The summed E-state index contributed by atoms with van der Waals surface area (Å²) in [5, 5.41) is 2.78. The van der Waals surface area contributed by atoms with E-state index in [1.54, 1.807) is 13.2 Å². The van der Waals surface area contributed by atoms with Crippen LogP contribution in [0.5, 0.6) is 0 Å². The van der Waals surface area contributed by atoms with Crippen LogP contribution in [0.25, 0.3) is 0 Å². The Morgan fingerprint density at radius 1 is 1.86 bits per heavy atom. The first-order valence-electron chi connectivity index (χ1n) is 1.99. The number of anilines is 1. The normalized spacial score (nSPS) is 8.71. The van der Waals surface area contributed by atoms with Gasteiger partial charge in [0.05, 0.1) is 6.20 Å². The van der Waals surface area contributed by atoms with Crippen molar-refractivity contribution in [1.82, 2.24) is 4.98 Å². The van der Waals surface area contributed by atoms with Crippen LogP contribution in [-0.4, -0.2) is 12.0 Å². The van der Waals surface area contributed by atoms with Gasteiger partial charge in [0.15, 0.2) is 6.39 Å². The van der Waals surface area contributed by atoms with Crippen LogP contribution in [0.2, 0.25) is 0 Å². The number of rotatable bonds is 1. The van der Waals surface area contributed by atoms with Gasteiger partial charge in [-0.05, 0) is 0 Å². The molecule has 0 aliphatic carbocycles. The lowest BCUT2D eigenvalue weighted by Crippen LogP contribution is -1.81. The van der Waals surface area contributed by atoms with Crippen LogP contribution in [0.4, 0.5) is 5.88 Å². The zero-order valence-electron chi connectivity index (χ0n) is 4.01. The highest BCUT2D eigenvalue weighted by molar-refractivity contribution is 5.23. The van der Waals surface area contributed by atoms with Gasteiger partial charge >= 0.3 is 0 Å². The summed E-state index contributed by atoms with van der Waals surface area (Å²) in [6, 6.07) is 0. The quantitative estimate of drug-likeness (QED) is 0.562. The molecule has 1 aromatic rings. The summed E-state index contributed by atoms with van der Waals surface area (Å²) in [7, 11) is 1.78. The van der Waals surface area contributed by atoms with Gasteiger partial charge in [0.1, 0.15) is 0 Å². The molecule has 0 aliphatic rings. The van der Waals surface area contributed by atoms with Crippen LogP contribution < -0.4 is 5.32 Å². The van der Waals surface area contributed by atoms with Crippen LogP contribution >= 0.6 is 0 Å². The molecule has 1 N–H and O–H groups in total. The van der Waals surface area contributed by atoms with Crippen molar-refractivity contribution in [2.75, 3.05) is 12.4 Å². The Kier molecular flexibility index (Phi) is 0.978. The van der Waals surface area contributed by atoms with Crippen LogP contribution in [0.1, 0.15) is 0 Å². The Morgan fingerprint density at radius 2 is 2.71 bits per heavy atom. The number of nitrogens with zero attached hydrogens (tertiary/aromatic N) is 1. The maximum Gasteiger partial charge on any atom is 0.213 e. The van der Waals surface area contributed by atoms with E-state index >= 15 is 0 Å². The number of oxazole rings is 1. The lowest BCUT2D eigenvalue weighted by molar-refractivity contribution is 0.573. The first kappa shape index (κ1) is 4.18. The maximum atomic E-state index is 4.76. The molecule has 0 aliphatic heterocycles.